The van der Waals surface area contributed by atoms with Gasteiger partial charge in [-0.1, -0.05) is 30.8 Å². The fourth-order valence-corrected chi connectivity index (χ4v) is 2.88. The van der Waals surface area contributed by atoms with E-state index in [4.69, 9.17) is 4.52 Å². The molecule has 0 fully saturated rings. The summed E-state index contributed by atoms with van der Waals surface area (Å²) in [5.41, 5.74) is 0.651. The van der Waals surface area contributed by atoms with E-state index >= 15 is 0 Å². The van der Waals surface area contributed by atoms with Gasteiger partial charge >= 0.3 is 0 Å². The summed E-state index contributed by atoms with van der Waals surface area (Å²) < 4.78 is 5.22. The van der Waals surface area contributed by atoms with Gasteiger partial charge < -0.3 is 4.52 Å². The van der Waals surface area contributed by atoms with Crippen LogP contribution in [0.5, 0.6) is 0 Å². The van der Waals surface area contributed by atoms with Crippen molar-refractivity contribution in [2.45, 2.75) is 38.5 Å². The van der Waals surface area contributed by atoms with Crippen LogP contribution in [0.15, 0.2) is 23.1 Å². The maximum absolute atomic E-state index is 5.22. The maximum Gasteiger partial charge on any atom is 0.226 e. The summed E-state index contributed by atoms with van der Waals surface area (Å²) in [6.07, 6.45) is 6.83. The fourth-order valence-electron chi connectivity index (χ4n) is 1.64. The predicted molar refractivity (Wildman–Crippen MR) is 71.8 cm³/mol. The first-order valence-corrected chi connectivity index (χ1v) is 9.84. The normalized spacial score (nSPS) is 11.7. The van der Waals surface area contributed by atoms with Crippen LogP contribution in [0, 0.1) is 0 Å². The Bertz CT molecular complexity index is 492. The summed E-state index contributed by atoms with van der Waals surface area (Å²) in [7, 11) is -0.980. The lowest BCUT2D eigenvalue weighted by molar-refractivity contribution is 0.377. The minimum atomic E-state index is -0.980. The average Bonchev–Trinajstić information content (AvgIpc) is 2.77. The van der Waals surface area contributed by atoms with Crippen LogP contribution in [0.3, 0.4) is 0 Å². The molecule has 0 saturated carbocycles. The van der Waals surface area contributed by atoms with Gasteiger partial charge in [0.2, 0.25) is 11.7 Å². The molecule has 0 unspecified atom stereocenters. The second-order valence-corrected chi connectivity index (χ2v) is 11.1. The Kier molecular flexibility index (Phi) is 3.86. The summed E-state index contributed by atoms with van der Waals surface area (Å²) in [5, 5.41) is 3.92. The van der Waals surface area contributed by atoms with E-state index in [0.717, 1.165) is 12.8 Å². The Hall–Kier alpha value is -1.56. The third-order valence-electron chi connectivity index (χ3n) is 2.58. The van der Waals surface area contributed by atoms with Crippen molar-refractivity contribution in [1.29, 1.82) is 0 Å². The Morgan fingerprint density at radius 1 is 1.22 bits per heavy atom. The number of hydrogen-bond donors (Lipinski definition) is 0. The van der Waals surface area contributed by atoms with Crippen LogP contribution >= 0.6 is 0 Å². The molecular formula is C12H18N4OSi. The molecule has 18 heavy (non-hydrogen) atoms. The van der Waals surface area contributed by atoms with Gasteiger partial charge in [0.15, 0.2) is 0 Å². The van der Waals surface area contributed by atoms with Crippen molar-refractivity contribution in [2.75, 3.05) is 0 Å². The van der Waals surface area contributed by atoms with E-state index in [9.17, 15) is 0 Å². The van der Waals surface area contributed by atoms with Gasteiger partial charge in [0.05, 0.1) is 6.20 Å². The molecule has 0 spiro atoms. The molecule has 0 aliphatic rings. The number of rotatable bonds is 5. The first-order valence-electron chi connectivity index (χ1n) is 6.13. The van der Waals surface area contributed by atoms with E-state index in [1.165, 1.54) is 6.04 Å². The summed E-state index contributed by atoms with van der Waals surface area (Å²) in [5.74, 6) is 1.21. The standard InChI is InChI=1S/C12H18N4OSi/c1-18(2,3)8-4-5-11-15-12(16-17-11)10-9-13-6-7-14-10/h6-7,9H,4-5,8H2,1-3H3. The number of hydrogen-bond acceptors (Lipinski definition) is 5. The van der Waals surface area contributed by atoms with E-state index in [0.29, 0.717) is 17.4 Å². The van der Waals surface area contributed by atoms with Gasteiger partial charge in [-0.3, -0.25) is 4.98 Å². The second-order valence-electron chi connectivity index (χ2n) is 5.52. The van der Waals surface area contributed by atoms with Crippen molar-refractivity contribution < 1.29 is 4.52 Å². The van der Waals surface area contributed by atoms with Crippen molar-refractivity contribution in [3.05, 3.63) is 24.5 Å². The lowest BCUT2D eigenvalue weighted by atomic mass is 10.3. The van der Waals surface area contributed by atoms with Gasteiger partial charge in [-0.25, -0.2) is 4.98 Å². The Balaban J connectivity index is 1.95. The number of nitrogens with zero attached hydrogens (tertiary/aromatic N) is 4. The van der Waals surface area contributed by atoms with Crippen molar-refractivity contribution >= 4 is 8.07 Å². The molecule has 0 radical (unpaired) electrons. The minimum Gasteiger partial charge on any atom is -0.339 e. The maximum atomic E-state index is 5.22. The van der Waals surface area contributed by atoms with Gasteiger partial charge in [0.1, 0.15) is 5.69 Å². The molecule has 0 aromatic carbocycles. The molecule has 5 nitrogen and oxygen atoms in total. The zero-order chi connectivity index (χ0) is 13.0. The van der Waals surface area contributed by atoms with Gasteiger partial charge in [-0.05, 0) is 6.42 Å². The van der Waals surface area contributed by atoms with Crippen LogP contribution in [0.25, 0.3) is 11.5 Å². The largest absolute Gasteiger partial charge is 0.339 e. The summed E-state index contributed by atoms with van der Waals surface area (Å²) in [4.78, 5) is 12.5. The highest BCUT2D eigenvalue weighted by Gasteiger charge is 2.14. The smallest absolute Gasteiger partial charge is 0.226 e. The predicted octanol–water partition coefficient (Wildman–Crippen LogP) is 2.80. The highest BCUT2D eigenvalue weighted by Crippen LogP contribution is 2.15. The molecule has 6 heteroatoms. The lowest BCUT2D eigenvalue weighted by Crippen LogP contribution is -2.18. The highest BCUT2D eigenvalue weighted by atomic mass is 28.3. The Morgan fingerprint density at radius 3 is 2.72 bits per heavy atom. The van der Waals surface area contributed by atoms with Gasteiger partial charge in [0, 0.05) is 26.9 Å². The van der Waals surface area contributed by atoms with Crippen molar-refractivity contribution in [1.82, 2.24) is 20.1 Å². The molecule has 2 aromatic heterocycles. The SMILES string of the molecule is C[Si](C)(C)CCCc1nc(-c2cnccn2)no1. The molecule has 0 aliphatic heterocycles. The Labute approximate surface area is 108 Å². The van der Waals surface area contributed by atoms with Crippen LogP contribution in [-0.2, 0) is 6.42 Å². The summed E-state index contributed by atoms with van der Waals surface area (Å²) in [6, 6.07) is 1.27. The van der Waals surface area contributed by atoms with E-state index in [-0.39, 0.29) is 0 Å². The molecule has 2 rings (SSSR count). The number of aryl methyl sites for hydroxylation is 1. The molecule has 2 heterocycles. The number of aromatic nitrogens is 4. The van der Waals surface area contributed by atoms with Crippen LogP contribution < -0.4 is 0 Å². The average molecular weight is 262 g/mol. The van der Waals surface area contributed by atoms with Crippen LogP contribution in [0.2, 0.25) is 25.7 Å². The van der Waals surface area contributed by atoms with Crippen LogP contribution in [-0.4, -0.2) is 28.2 Å². The minimum absolute atomic E-state index is 0.520. The molecule has 0 N–H and O–H groups in total. The first-order chi connectivity index (χ1) is 8.54. The molecule has 96 valence electrons. The van der Waals surface area contributed by atoms with E-state index in [1.54, 1.807) is 18.6 Å². The van der Waals surface area contributed by atoms with Crippen LogP contribution in [0.1, 0.15) is 12.3 Å². The lowest BCUT2D eigenvalue weighted by Gasteiger charge is -2.13. The second kappa shape index (κ2) is 5.39. The highest BCUT2D eigenvalue weighted by molar-refractivity contribution is 6.76. The van der Waals surface area contributed by atoms with Gasteiger partial charge in [-0.2, -0.15) is 4.98 Å². The van der Waals surface area contributed by atoms with E-state index in [1.807, 2.05) is 0 Å². The van der Waals surface area contributed by atoms with Crippen molar-refractivity contribution in [2.24, 2.45) is 0 Å². The molecular weight excluding hydrogens is 244 g/mol. The zero-order valence-corrected chi connectivity index (χ0v) is 12.1. The first kappa shape index (κ1) is 12.9. The van der Waals surface area contributed by atoms with Gasteiger partial charge in [-0.15, -0.1) is 0 Å². The monoisotopic (exact) mass is 262 g/mol. The van der Waals surface area contributed by atoms with Crippen molar-refractivity contribution in [3.8, 4) is 11.5 Å². The van der Waals surface area contributed by atoms with E-state index < -0.39 is 8.07 Å². The third kappa shape index (κ3) is 3.73. The quantitative estimate of drug-likeness (QED) is 0.775. The molecule has 0 amide bonds. The fraction of sp³-hybridized carbons (Fsp3) is 0.500. The van der Waals surface area contributed by atoms with Crippen LogP contribution in [0.4, 0.5) is 0 Å². The summed E-state index contributed by atoms with van der Waals surface area (Å²) in [6.45, 7) is 7.10. The molecule has 2 aromatic rings. The molecule has 0 bridgehead atoms. The zero-order valence-electron chi connectivity index (χ0n) is 11.1. The topological polar surface area (TPSA) is 64.7 Å². The third-order valence-corrected chi connectivity index (χ3v) is 4.43. The molecule has 0 atom stereocenters. The Morgan fingerprint density at radius 2 is 2.06 bits per heavy atom. The van der Waals surface area contributed by atoms with E-state index in [2.05, 4.69) is 39.7 Å². The van der Waals surface area contributed by atoms with Crippen molar-refractivity contribution in [3.63, 3.8) is 0 Å². The molecule has 0 aliphatic carbocycles. The molecule has 0 saturated heterocycles. The summed E-state index contributed by atoms with van der Waals surface area (Å²) >= 11 is 0. The van der Waals surface area contributed by atoms with Gasteiger partial charge in [0.25, 0.3) is 0 Å².